The number of amides is 1. The zero-order valence-electron chi connectivity index (χ0n) is 15.3. The van der Waals surface area contributed by atoms with Crippen molar-refractivity contribution in [3.63, 3.8) is 0 Å². The minimum absolute atomic E-state index is 0.301. The molecule has 1 amide bonds. The van der Waals surface area contributed by atoms with Gasteiger partial charge in [0.1, 0.15) is 5.82 Å². The van der Waals surface area contributed by atoms with Crippen LogP contribution in [0.15, 0.2) is 60.8 Å². The number of ether oxygens (including phenoxy) is 1. The molecule has 3 aromatic rings. The van der Waals surface area contributed by atoms with Crippen LogP contribution < -0.4 is 16.0 Å². The normalized spacial score (nSPS) is 13.9. The number of nitrogens with two attached hydrogens (primary N) is 1. The largest absolute Gasteiger partial charge is 0.396 e. The Labute approximate surface area is 163 Å². The predicted molar refractivity (Wildman–Crippen MR) is 109 cm³/mol. The van der Waals surface area contributed by atoms with E-state index in [-0.39, 0.29) is 5.91 Å². The summed E-state index contributed by atoms with van der Waals surface area (Å²) in [4.78, 5) is 23.7. The van der Waals surface area contributed by atoms with Gasteiger partial charge in [0.2, 0.25) is 0 Å². The summed E-state index contributed by atoms with van der Waals surface area (Å²) in [7, 11) is 0. The molecule has 0 unspecified atom stereocenters. The molecule has 1 aromatic carbocycles. The van der Waals surface area contributed by atoms with E-state index in [2.05, 4.69) is 20.2 Å². The highest BCUT2D eigenvalue weighted by atomic mass is 16.5. The van der Waals surface area contributed by atoms with Gasteiger partial charge in [-0.05, 0) is 24.3 Å². The summed E-state index contributed by atoms with van der Waals surface area (Å²) in [6.07, 6.45) is 1.57. The maximum atomic E-state index is 12.6. The van der Waals surface area contributed by atoms with Gasteiger partial charge in [-0.3, -0.25) is 4.79 Å². The highest BCUT2D eigenvalue weighted by molar-refractivity contribution is 6.05. The maximum absolute atomic E-state index is 12.6. The lowest BCUT2D eigenvalue weighted by Crippen LogP contribution is -2.36. The topological polar surface area (TPSA) is 93.4 Å². The van der Waals surface area contributed by atoms with Gasteiger partial charge in [0.25, 0.3) is 5.91 Å². The number of pyridine rings is 2. The van der Waals surface area contributed by atoms with Gasteiger partial charge in [-0.2, -0.15) is 0 Å². The lowest BCUT2D eigenvalue weighted by atomic mass is 10.1. The lowest BCUT2D eigenvalue weighted by molar-refractivity contribution is 0.102. The molecule has 0 bridgehead atoms. The van der Waals surface area contributed by atoms with Crippen molar-refractivity contribution in [3.05, 3.63) is 66.4 Å². The first-order valence-corrected chi connectivity index (χ1v) is 9.13. The van der Waals surface area contributed by atoms with Gasteiger partial charge < -0.3 is 20.7 Å². The fourth-order valence-electron chi connectivity index (χ4n) is 3.02. The van der Waals surface area contributed by atoms with Crippen molar-refractivity contribution in [3.8, 4) is 11.3 Å². The Morgan fingerprint density at radius 1 is 1.04 bits per heavy atom. The Bertz CT molecular complexity index is 954. The third-order valence-electron chi connectivity index (χ3n) is 4.57. The first-order chi connectivity index (χ1) is 13.7. The average molecular weight is 375 g/mol. The summed E-state index contributed by atoms with van der Waals surface area (Å²) in [5.74, 6) is 0.873. The van der Waals surface area contributed by atoms with E-state index >= 15 is 0 Å². The molecule has 2 aromatic heterocycles. The summed E-state index contributed by atoms with van der Waals surface area (Å²) in [5.41, 5.74) is 8.55. The van der Waals surface area contributed by atoms with E-state index < -0.39 is 0 Å². The number of nitrogen functional groups attached to an aromatic ring is 1. The number of hydrogen-bond donors (Lipinski definition) is 2. The van der Waals surface area contributed by atoms with Crippen molar-refractivity contribution in [2.75, 3.05) is 42.3 Å². The molecular weight excluding hydrogens is 354 g/mol. The summed E-state index contributed by atoms with van der Waals surface area (Å²) in [6, 6.07) is 16.9. The molecule has 3 N–H and O–H groups in total. The van der Waals surface area contributed by atoms with Crippen molar-refractivity contribution < 1.29 is 9.53 Å². The second kappa shape index (κ2) is 8.06. The first-order valence-electron chi connectivity index (χ1n) is 9.13. The number of benzene rings is 1. The number of nitrogens with one attached hydrogen (secondary N) is 1. The Morgan fingerprint density at radius 3 is 2.54 bits per heavy atom. The van der Waals surface area contributed by atoms with Crippen LogP contribution in [0.25, 0.3) is 11.3 Å². The van der Waals surface area contributed by atoms with Crippen LogP contribution in [0.4, 0.5) is 17.3 Å². The highest BCUT2D eigenvalue weighted by Crippen LogP contribution is 2.23. The van der Waals surface area contributed by atoms with Crippen LogP contribution in [0, 0.1) is 0 Å². The molecule has 0 radical (unpaired) electrons. The number of hydrogen-bond acceptors (Lipinski definition) is 6. The number of aromatic nitrogens is 2. The van der Waals surface area contributed by atoms with E-state index in [4.69, 9.17) is 10.5 Å². The zero-order valence-corrected chi connectivity index (χ0v) is 15.3. The van der Waals surface area contributed by atoms with Crippen molar-refractivity contribution >= 4 is 23.2 Å². The van der Waals surface area contributed by atoms with Crippen LogP contribution in [0.2, 0.25) is 0 Å². The Hall–Kier alpha value is -3.45. The van der Waals surface area contributed by atoms with Crippen LogP contribution in [0.3, 0.4) is 0 Å². The molecule has 1 fully saturated rings. The van der Waals surface area contributed by atoms with Gasteiger partial charge in [0.05, 0.1) is 30.2 Å². The molecule has 1 aliphatic rings. The number of rotatable bonds is 4. The van der Waals surface area contributed by atoms with Crippen LogP contribution in [0.1, 0.15) is 10.4 Å². The van der Waals surface area contributed by atoms with E-state index in [1.54, 1.807) is 18.3 Å². The number of carbonyl (C=O) groups is 1. The second-order valence-electron chi connectivity index (χ2n) is 6.46. The first kappa shape index (κ1) is 17.9. The highest BCUT2D eigenvalue weighted by Gasteiger charge is 2.15. The van der Waals surface area contributed by atoms with Gasteiger partial charge in [-0.25, -0.2) is 9.97 Å². The van der Waals surface area contributed by atoms with Crippen molar-refractivity contribution in [1.29, 1.82) is 0 Å². The minimum atomic E-state index is -0.301. The summed E-state index contributed by atoms with van der Waals surface area (Å²) in [5, 5.41) is 2.79. The Kier molecular flexibility index (Phi) is 5.16. The standard InChI is InChI=1S/C21H21N5O2/c22-17-7-8-18(15-4-2-1-3-5-15)24-20(17)25-21(27)16-6-9-19(23-14-16)26-10-12-28-13-11-26/h1-9,14H,10-13,22H2,(H,24,25,27). The summed E-state index contributed by atoms with van der Waals surface area (Å²) >= 11 is 0. The van der Waals surface area contributed by atoms with Gasteiger partial charge in [-0.1, -0.05) is 30.3 Å². The monoisotopic (exact) mass is 375 g/mol. The number of carbonyl (C=O) groups excluding carboxylic acids is 1. The van der Waals surface area contributed by atoms with Crippen molar-refractivity contribution in [1.82, 2.24) is 9.97 Å². The molecule has 4 rings (SSSR count). The zero-order chi connectivity index (χ0) is 19.3. The fourth-order valence-corrected chi connectivity index (χ4v) is 3.02. The number of anilines is 3. The number of morpholine rings is 1. The Balaban J connectivity index is 1.50. The van der Waals surface area contributed by atoms with E-state index in [1.165, 1.54) is 0 Å². The molecule has 7 heteroatoms. The predicted octanol–water partition coefficient (Wildman–Crippen LogP) is 2.81. The van der Waals surface area contributed by atoms with Gasteiger partial charge in [0.15, 0.2) is 5.82 Å². The van der Waals surface area contributed by atoms with E-state index in [0.29, 0.717) is 30.3 Å². The fraction of sp³-hybridized carbons (Fsp3) is 0.190. The molecular formula is C21H21N5O2. The van der Waals surface area contributed by atoms with E-state index in [9.17, 15) is 4.79 Å². The number of nitrogens with zero attached hydrogens (tertiary/aromatic N) is 3. The summed E-state index contributed by atoms with van der Waals surface area (Å²) < 4.78 is 5.35. The molecule has 0 atom stereocenters. The molecule has 0 spiro atoms. The third kappa shape index (κ3) is 3.94. The third-order valence-corrected chi connectivity index (χ3v) is 4.57. The minimum Gasteiger partial charge on any atom is -0.396 e. The molecule has 3 heterocycles. The molecule has 7 nitrogen and oxygen atoms in total. The summed E-state index contributed by atoms with van der Waals surface area (Å²) in [6.45, 7) is 2.97. The van der Waals surface area contributed by atoms with E-state index in [1.807, 2.05) is 42.5 Å². The molecule has 0 aliphatic carbocycles. The lowest BCUT2D eigenvalue weighted by Gasteiger charge is -2.27. The van der Waals surface area contributed by atoms with E-state index in [0.717, 1.165) is 30.2 Å². The van der Waals surface area contributed by atoms with Crippen molar-refractivity contribution in [2.24, 2.45) is 0 Å². The molecule has 28 heavy (non-hydrogen) atoms. The SMILES string of the molecule is Nc1ccc(-c2ccccc2)nc1NC(=O)c1ccc(N2CCOCC2)nc1. The van der Waals surface area contributed by atoms with Crippen LogP contribution in [0.5, 0.6) is 0 Å². The molecule has 1 aliphatic heterocycles. The smallest absolute Gasteiger partial charge is 0.258 e. The van der Waals surface area contributed by atoms with Gasteiger partial charge >= 0.3 is 0 Å². The quantitative estimate of drug-likeness (QED) is 0.728. The van der Waals surface area contributed by atoms with Crippen LogP contribution >= 0.6 is 0 Å². The molecule has 142 valence electrons. The molecule has 1 saturated heterocycles. The Morgan fingerprint density at radius 2 is 1.82 bits per heavy atom. The van der Waals surface area contributed by atoms with Gasteiger partial charge in [0, 0.05) is 24.8 Å². The maximum Gasteiger partial charge on any atom is 0.258 e. The van der Waals surface area contributed by atoms with Crippen LogP contribution in [-0.4, -0.2) is 42.2 Å². The molecule has 0 saturated carbocycles. The van der Waals surface area contributed by atoms with Crippen LogP contribution in [-0.2, 0) is 4.74 Å². The van der Waals surface area contributed by atoms with Crippen molar-refractivity contribution in [2.45, 2.75) is 0 Å². The van der Waals surface area contributed by atoms with Gasteiger partial charge in [-0.15, -0.1) is 0 Å². The second-order valence-corrected chi connectivity index (χ2v) is 6.46. The average Bonchev–Trinajstić information content (AvgIpc) is 2.76.